The van der Waals surface area contributed by atoms with Gasteiger partial charge in [-0.3, -0.25) is 0 Å². The lowest BCUT2D eigenvalue weighted by molar-refractivity contribution is 1.11. The van der Waals surface area contributed by atoms with Crippen LogP contribution < -0.4 is 0 Å². The van der Waals surface area contributed by atoms with E-state index in [0.29, 0.717) is 11.4 Å². The summed E-state index contributed by atoms with van der Waals surface area (Å²) in [5.41, 5.74) is 17.1. The highest BCUT2D eigenvalue weighted by atomic mass is 15.0. The number of hydrogen-bond donors (Lipinski definition) is 0. The molecule has 0 aliphatic rings. The van der Waals surface area contributed by atoms with E-state index in [9.17, 15) is 5.26 Å². The van der Waals surface area contributed by atoms with Crippen molar-refractivity contribution in [3.05, 3.63) is 266 Å². The second kappa shape index (κ2) is 17.1. The molecule has 5 aromatic heterocycles. The molecule has 362 valence electrons. The van der Waals surface area contributed by atoms with Crippen molar-refractivity contribution in [3.63, 3.8) is 0 Å². The van der Waals surface area contributed by atoms with Crippen molar-refractivity contribution in [1.29, 1.82) is 5.26 Å². The van der Waals surface area contributed by atoms with Crippen molar-refractivity contribution in [1.82, 2.24) is 28.2 Å². The molecule has 0 bridgehead atoms. The predicted octanol–water partition coefficient (Wildman–Crippen LogP) is 17.7. The van der Waals surface area contributed by atoms with Crippen molar-refractivity contribution in [2.24, 2.45) is 0 Å². The van der Waals surface area contributed by atoms with E-state index < -0.39 is 0 Å². The summed E-state index contributed by atoms with van der Waals surface area (Å²) in [6, 6.07) is 94.9. The van der Waals surface area contributed by atoms with E-state index in [1.165, 1.54) is 21.5 Å². The number of benzene rings is 11. The zero-order valence-electron chi connectivity index (χ0n) is 42.0. The van der Waals surface area contributed by atoms with Gasteiger partial charge in [-0.2, -0.15) is 5.26 Å². The van der Waals surface area contributed by atoms with E-state index in [0.717, 1.165) is 117 Å². The highest BCUT2D eigenvalue weighted by Gasteiger charge is 2.26. The molecule has 16 aromatic rings. The third kappa shape index (κ3) is 6.51. The van der Waals surface area contributed by atoms with Gasteiger partial charge in [-0.1, -0.05) is 170 Å². The molecule has 0 amide bonds. The van der Waals surface area contributed by atoms with E-state index in [4.69, 9.17) is 9.97 Å². The Morgan fingerprint density at radius 1 is 0.282 bits per heavy atom. The van der Waals surface area contributed by atoms with Crippen molar-refractivity contribution in [2.75, 3.05) is 0 Å². The van der Waals surface area contributed by atoms with Crippen LogP contribution >= 0.6 is 0 Å². The molecule has 0 aliphatic heterocycles. The molecule has 7 nitrogen and oxygen atoms in total. The first kappa shape index (κ1) is 43.6. The van der Waals surface area contributed by atoms with Gasteiger partial charge in [0.15, 0.2) is 5.82 Å². The standard InChI is InChI=1S/C71H43N7/c72-44-45-39-68(77-64-33-17-11-27-54(64)56-41-48(35-37-66(56)77)75-60-29-13-7-23-50(60)51-24-8-14-30-61(51)75)70(59-43-58(46-19-3-1-4-20-46)73-71(74-59)47-21-5-2-6-22-47)69(40-45)78-65-34-18-12-28-55(65)57-42-49(36-38-67(57)78)76-62-31-15-9-25-52(62)53-26-10-16-32-63(53)76/h1-43H. The number of fused-ring (bicyclic) bond motifs is 12. The van der Waals surface area contributed by atoms with Crippen molar-refractivity contribution in [3.8, 4) is 62.7 Å². The quantitative estimate of drug-likeness (QED) is 0.160. The van der Waals surface area contributed by atoms with Crippen LogP contribution in [0.15, 0.2) is 261 Å². The maximum Gasteiger partial charge on any atom is 0.160 e. The number of nitrogens with zero attached hydrogens (tertiary/aromatic N) is 7. The van der Waals surface area contributed by atoms with Gasteiger partial charge in [0.05, 0.1) is 78.5 Å². The Bertz CT molecular complexity index is 4750. The zero-order valence-corrected chi connectivity index (χ0v) is 42.0. The van der Waals surface area contributed by atoms with Crippen LogP contribution in [-0.4, -0.2) is 28.2 Å². The third-order valence-corrected chi connectivity index (χ3v) is 15.8. The van der Waals surface area contributed by atoms with Gasteiger partial charge in [0, 0.05) is 71.2 Å². The normalized spacial score (nSPS) is 11.8. The third-order valence-electron chi connectivity index (χ3n) is 15.8. The van der Waals surface area contributed by atoms with E-state index in [-0.39, 0.29) is 0 Å². The van der Waals surface area contributed by atoms with Crippen LogP contribution in [0.3, 0.4) is 0 Å². The molecule has 0 radical (unpaired) electrons. The molecule has 0 saturated heterocycles. The minimum atomic E-state index is 0.519. The van der Waals surface area contributed by atoms with Gasteiger partial charge in [0.1, 0.15) is 0 Å². The Kier molecular flexibility index (Phi) is 9.56. The molecule has 5 heterocycles. The van der Waals surface area contributed by atoms with Crippen molar-refractivity contribution in [2.45, 2.75) is 0 Å². The second-order valence-electron chi connectivity index (χ2n) is 20.0. The fourth-order valence-corrected chi connectivity index (χ4v) is 12.5. The van der Waals surface area contributed by atoms with Crippen LogP contribution in [0.1, 0.15) is 5.56 Å². The van der Waals surface area contributed by atoms with Crippen LogP contribution in [0, 0.1) is 11.3 Å². The van der Waals surface area contributed by atoms with Crippen molar-refractivity contribution < 1.29 is 0 Å². The van der Waals surface area contributed by atoms with Crippen LogP contribution in [-0.2, 0) is 0 Å². The average Bonchev–Trinajstić information content (AvgIpc) is 4.43. The Morgan fingerprint density at radius 3 is 1.03 bits per heavy atom. The molecule has 0 fully saturated rings. The van der Waals surface area contributed by atoms with Gasteiger partial charge >= 0.3 is 0 Å². The summed E-state index contributed by atoms with van der Waals surface area (Å²) >= 11 is 0. The molecule has 0 unspecified atom stereocenters. The predicted molar refractivity (Wildman–Crippen MR) is 320 cm³/mol. The topological polar surface area (TPSA) is 69.3 Å². The Labute approximate surface area is 447 Å². The largest absolute Gasteiger partial charge is 0.309 e. The number of para-hydroxylation sites is 6. The molecule has 0 N–H and O–H groups in total. The maximum absolute atomic E-state index is 11.3. The monoisotopic (exact) mass is 993 g/mol. The van der Waals surface area contributed by atoms with Gasteiger partial charge in [0.25, 0.3) is 0 Å². The first-order valence-corrected chi connectivity index (χ1v) is 26.3. The van der Waals surface area contributed by atoms with E-state index in [1.807, 2.05) is 36.4 Å². The number of nitriles is 1. The number of aromatic nitrogens is 6. The summed E-state index contributed by atoms with van der Waals surface area (Å²) in [6.45, 7) is 0. The second-order valence-corrected chi connectivity index (χ2v) is 20.0. The first-order valence-electron chi connectivity index (χ1n) is 26.3. The number of hydrogen-bond acceptors (Lipinski definition) is 3. The highest BCUT2D eigenvalue weighted by Crippen LogP contribution is 2.45. The summed E-state index contributed by atoms with van der Waals surface area (Å²) < 4.78 is 9.45. The van der Waals surface area contributed by atoms with Crippen molar-refractivity contribution >= 4 is 87.2 Å². The molecule has 11 aromatic carbocycles. The number of rotatable bonds is 7. The summed E-state index contributed by atoms with van der Waals surface area (Å²) in [5, 5.41) is 20.5. The van der Waals surface area contributed by atoms with Crippen LogP contribution in [0.2, 0.25) is 0 Å². The van der Waals surface area contributed by atoms with Crippen LogP contribution in [0.5, 0.6) is 0 Å². The first-order chi connectivity index (χ1) is 38.7. The Balaban J connectivity index is 1.02. The van der Waals surface area contributed by atoms with E-state index in [2.05, 4.69) is 249 Å². The van der Waals surface area contributed by atoms with Gasteiger partial charge in [-0.25, -0.2) is 9.97 Å². The Hall–Kier alpha value is -10.8. The molecular weight excluding hydrogens is 951 g/mol. The molecule has 7 heteroatoms. The lowest BCUT2D eigenvalue weighted by Crippen LogP contribution is -2.07. The minimum Gasteiger partial charge on any atom is -0.309 e. The minimum absolute atomic E-state index is 0.519. The molecule has 0 saturated carbocycles. The summed E-state index contributed by atoms with van der Waals surface area (Å²) in [4.78, 5) is 10.9. The Morgan fingerprint density at radius 2 is 0.615 bits per heavy atom. The average molecular weight is 994 g/mol. The molecule has 16 rings (SSSR count). The molecular formula is C71H43N7. The van der Waals surface area contributed by atoms with Gasteiger partial charge in [-0.05, 0) is 91.0 Å². The van der Waals surface area contributed by atoms with Gasteiger partial charge in [0.2, 0.25) is 0 Å². The maximum atomic E-state index is 11.3. The molecule has 78 heavy (non-hydrogen) atoms. The van der Waals surface area contributed by atoms with E-state index >= 15 is 0 Å². The fraction of sp³-hybridized carbons (Fsp3) is 0. The fourth-order valence-electron chi connectivity index (χ4n) is 12.5. The van der Waals surface area contributed by atoms with Gasteiger partial charge in [-0.15, -0.1) is 0 Å². The van der Waals surface area contributed by atoms with E-state index in [1.54, 1.807) is 0 Å². The summed E-state index contributed by atoms with van der Waals surface area (Å²) in [7, 11) is 0. The van der Waals surface area contributed by atoms with Crippen LogP contribution in [0.25, 0.3) is 144 Å². The molecule has 0 atom stereocenters. The smallest absolute Gasteiger partial charge is 0.160 e. The summed E-state index contributed by atoms with van der Waals surface area (Å²) in [5.74, 6) is 0.601. The molecule has 0 aliphatic carbocycles. The SMILES string of the molecule is N#Cc1cc(-n2c3ccccc3c3cc(-n4c5ccccc5c5ccccc54)ccc32)c(-c2cc(-c3ccccc3)nc(-c3ccccc3)n2)c(-n2c3ccccc3c3cc(-n4c5ccccc5c5ccccc54)ccc32)c1. The summed E-state index contributed by atoms with van der Waals surface area (Å²) in [6.07, 6.45) is 0. The zero-order chi connectivity index (χ0) is 51.4. The lowest BCUT2D eigenvalue weighted by atomic mass is 10.00. The van der Waals surface area contributed by atoms with Crippen LogP contribution in [0.4, 0.5) is 0 Å². The molecule has 0 spiro atoms. The highest BCUT2D eigenvalue weighted by molar-refractivity contribution is 6.15. The lowest BCUT2D eigenvalue weighted by Gasteiger charge is -2.21. The van der Waals surface area contributed by atoms with Gasteiger partial charge < -0.3 is 18.3 Å².